The number of halogens is 1. The van der Waals surface area contributed by atoms with Gasteiger partial charge in [-0.1, -0.05) is 5.16 Å². The van der Waals surface area contributed by atoms with Gasteiger partial charge in [0, 0.05) is 41.0 Å². The van der Waals surface area contributed by atoms with Crippen molar-refractivity contribution in [3.63, 3.8) is 0 Å². The smallest absolute Gasteiger partial charge is 0.170 e. The number of hydrogen-bond donors (Lipinski definition) is 3. The first kappa shape index (κ1) is 16.6. The Bertz CT molecular complexity index is 508. The summed E-state index contributed by atoms with van der Waals surface area (Å²) in [5.41, 5.74) is 6.49. The van der Waals surface area contributed by atoms with Crippen LogP contribution < -0.4 is 11.1 Å². The summed E-state index contributed by atoms with van der Waals surface area (Å²) >= 11 is 0. The standard InChI is InChI=1S/C13H20FN3O2S/c1-9(3-4-20(2)19)16-8-10-5-11(13(15)17-18)7-12(14)6-10/h5-7,9,16,18H,3-4,8H2,1-2H3,(H2,15,17). The Kier molecular flexibility index (Phi) is 6.60. The summed E-state index contributed by atoms with van der Waals surface area (Å²) in [4.78, 5) is 0. The maximum atomic E-state index is 13.4. The van der Waals surface area contributed by atoms with Crippen LogP contribution in [-0.4, -0.2) is 33.3 Å². The number of hydrogen-bond acceptors (Lipinski definition) is 4. The third-order valence-corrected chi connectivity index (χ3v) is 3.66. The average Bonchev–Trinajstić information content (AvgIpc) is 2.41. The zero-order valence-electron chi connectivity index (χ0n) is 11.6. The van der Waals surface area contributed by atoms with Gasteiger partial charge in [-0.3, -0.25) is 4.21 Å². The summed E-state index contributed by atoms with van der Waals surface area (Å²) in [7, 11) is -0.809. The first-order valence-corrected chi connectivity index (χ1v) is 7.96. The highest BCUT2D eigenvalue weighted by Gasteiger charge is 2.07. The Labute approximate surface area is 120 Å². The van der Waals surface area contributed by atoms with E-state index >= 15 is 0 Å². The van der Waals surface area contributed by atoms with E-state index in [0.717, 1.165) is 6.42 Å². The predicted octanol–water partition coefficient (Wildman–Crippen LogP) is 1.17. The molecule has 20 heavy (non-hydrogen) atoms. The second-order valence-electron chi connectivity index (χ2n) is 4.68. The van der Waals surface area contributed by atoms with E-state index < -0.39 is 16.6 Å². The highest BCUT2D eigenvalue weighted by atomic mass is 32.2. The van der Waals surface area contributed by atoms with Crippen LogP contribution in [0.3, 0.4) is 0 Å². The molecular formula is C13H20FN3O2S. The minimum absolute atomic E-state index is 0.125. The molecule has 4 N–H and O–H groups in total. The van der Waals surface area contributed by atoms with Crippen molar-refractivity contribution >= 4 is 16.6 Å². The molecule has 112 valence electrons. The molecule has 0 aromatic heterocycles. The SMILES string of the molecule is CC(CCS(C)=O)NCc1cc(F)cc(/C(N)=N/O)c1. The zero-order valence-corrected chi connectivity index (χ0v) is 12.4. The van der Waals surface area contributed by atoms with Crippen LogP contribution in [0, 0.1) is 5.82 Å². The largest absolute Gasteiger partial charge is 0.409 e. The van der Waals surface area contributed by atoms with Gasteiger partial charge >= 0.3 is 0 Å². The molecule has 0 spiro atoms. The van der Waals surface area contributed by atoms with Crippen molar-refractivity contribution in [1.29, 1.82) is 0 Å². The molecule has 0 radical (unpaired) electrons. The van der Waals surface area contributed by atoms with Crippen molar-refractivity contribution in [3.05, 3.63) is 35.1 Å². The van der Waals surface area contributed by atoms with Gasteiger partial charge in [0.15, 0.2) is 5.84 Å². The van der Waals surface area contributed by atoms with Crippen LogP contribution in [0.2, 0.25) is 0 Å². The van der Waals surface area contributed by atoms with Gasteiger partial charge in [-0.25, -0.2) is 4.39 Å². The summed E-state index contributed by atoms with van der Waals surface area (Å²) in [5, 5.41) is 14.7. The first-order chi connectivity index (χ1) is 9.42. The van der Waals surface area contributed by atoms with Gasteiger partial charge in [0.2, 0.25) is 0 Å². The third kappa shape index (κ3) is 5.66. The van der Waals surface area contributed by atoms with Gasteiger partial charge in [-0.15, -0.1) is 0 Å². The number of rotatable bonds is 7. The van der Waals surface area contributed by atoms with Crippen molar-refractivity contribution in [2.75, 3.05) is 12.0 Å². The number of benzene rings is 1. The van der Waals surface area contributed by atoms with Gasteiger partial charge in [-0.2, -0.15) is 0 Å². The summed E-state index contributed by atoms with van der Waals surface area (Å²) in [6.07, 6.45) is 2.45. The molecule has 0 saturated carbocycles. The van der Waals surface area contributed by atoms with Crippen molar-refractivity contribution in [1.82, 2.24) is 5.32 Å². The monoisotopic (exact) mass is 301 g/mol. The molecule has 2 atom stereocenters. The lowest BCUT2D eigenvalue weighted by Crippen LogP contribution is -2.27. The fraction of sp³-hybridized carbons (Fsp3) is 0.462. The molecule has 1 aromatic rings. The number of nitrogens with one attached hydrogen (secondary N) is 1. The molecule has 1 rings (SSSR count). The van der Waals surface area contributed by atoms with E-state index in [1.54, 1.807) is 12.3 Å². The van der Waals surface area contributed by atoms with Crippen LogP contribution >= 0.6 is 0 Å². The van der Waals surface area contributed by atoms with E-state index in [2.05, 4.69) is 10.5 Å². The molecule has 0 bridgehead atoms. The molecule has 0 aliphatic heterocycles. The first-order valence-electron chi connectivity index (χ1n) is 6.23. The third-order valence-electron chi connectivity index (χ3n) is 2.85. The Morgan fingerprint density at radius 3 is 2.85 bits per heavy atom. The van der Waals surface area contributed by atoms with Gasteiger partial charge in [0.25, 0.3) is 0 Å². The summed E-state index contributed by atoms with van der Waals surface area (Å²) in [5.74, 6) is 0.0700. The summed E-state index contributed by atoms with van der Waals surface area (Å²) < 4.78 is 24.4. The Morgan fingerprint density at radius 2 is 2.25 bits per heavy atom. The fourth-order valence-corrected chi connectivity index (χ4v) is 2.38. The molecule has 0 aliphatic carbocycles. The molecule has 0 fully saturated rings. The highest BCUT2D eigenvalue weighted by Crippen LogP contribution is 2.10. The van der Waals surface area contributed by atoms with Crippen LogP contribution in [0.1, 0.15) is 24.5 Å². The van der Waals surface area contributed by atoms with E-state index in [0.29, 0.717) is 23.4 Å². The molecular weight excluding hydrogens is 281 g/mol. The van der Waals surface area contributed by atoms with Crippen LogP contribution in [0.4, 0.5) is 4.39 Å². The molecule has 0 amide bonds. The zero-order chi connectivity index (χ0) is 15.1. The van der Waals surface area contributed by atoms with E-state index in [1.165, 1.54) is 12.1 Å². The van der Waals surface area contributed by atoms with Crippen LogP contribution in [-0.2, 0) is 17.3 Å². The Balaban J connectivity index is 2.64. The Hall–Kier alpha value is -1.47. The number of amidine groups is 1. The van der Waals surface area contributed by atoms with E-state index in [1.807, 2.05) is 6.92 Å². The summed E-state index contributed by atoms with van der Waals surface area (Å²) in [6, 6.07) is 4.44. The Morgan fingerprint density at radius 1 is 1.55 bits per heavy atom. The van der Waals surface area contributed by atoms with Gasteiger partial charge in [0.05, 0.1) is 0 Å². The lowest BCUT2D eigenvalue weighted by Gasteiger charge is -2.13. The van der Waals surface area contributed by atoms with Crippen molar-refractivity contribution in [2.24, 2.45) is 10.9 Å². The number of nitrogens with zero attached hydrogens (tertiary/aromatic N) is 1. The van der Waals surface area contributed by atoms with E-state index in [4.69, 9.17) is 10.9 Å². The molecule has 0 aliphatic rings. The van der Waals surface area contributed by atoms with Crippen LogP contribution in [0.15, 0.2) is 23.4 Å². The second kappa shape index (κ2) is 7.96. The number of nitrogens with two attached hydrogens (primary N) is 1. The fourth-order valence-electron chi connectivity index (χ4n) is 1.69. The number of oxime groups is 1. The average molecular weight is 301 g/mol. The van der Waals surface area contributed by atoms with Crippen LogP contribution in [0.25, 0.3) is 0 Å². The molecule has 1 aromatic carbocycles. The second-order valence-corrected chi connectivity index (χ2v) is 6.24. The van der Waals surface area contributed by atoms with Crippen molar-refractivity contribution in [3.8, 4) is 0 Å². The lowest BCUT2D eigenvalue weighted by molar-refractivity contribution is 0.318. The molecule has 0 saturated heterocycles. The van der Waals surface area contributed by atoms with Gasteiger partial charge in [0.1, 0.15) is 5.82 Å². The normalized spacial score (nSPS) is 15.1. The highest BCUT2D eigenvalue weighted by molar-refractivity contribution is 7.84. The minimum Gasteiger partial charge on any atom is -0.409 e. The molecule has 7 heteroatoms. The topological polar surface area (TPSA) is 87.7 Å². The molecule has 0 heterocycles. The van der Waals surface area contributed by atoms with E-state index in [9.17, 15) is 8.60 Å². The predicted molar refractivity (Wildman–Crippen MR) is 78.8 cm³/mol. The van der Waals surface area contributed by atoms with Crippen molar-refractivity contribution in [2.45, 2.75) is 25.9 Å². The maximum absolute atomic E-state index is 13.4. The molecule has 2 unspecified atom stereocenters. The van der Waals surface area contributed by atoms with E-state index in [-0.39, 0.29) is 11.9 Å². The minimum atomic E-state index is -0.809. The quantitative estimate of drug-likeness (QED) is 0.305. The van der Waals surface area contributed by atoms with Gasteiger partial charge in [-0.05, 0) is 37.1 Å². The summed E-state index contributed by atoms with van der Waals surface area (Å²) in [6.45, 7) is 2.44. The maximum Gasteiger partial charge on any atom is 0.170 e. The van der Waals surface area contributed by atoms with Crippen molar-refractivity contribution < 1.29 is 13.8 Å². The molecule has 5 nitrogen and oxygen atoms in total. The lowest BCUT2D eigenvalue weighted by atomic mass is 10.1. The van der Waals surface area contributed by atoms with Crippen LogP contribution in [0.5, 0.6) is 0 Å². The van der Waals surface area contributed by atoms with Gasteiger partial charge < -0.3 is 16.3 Å².